The number of ether oxygens (including phenoxy) is 1. The summed E-state index contributed by atoms with van der Waals surface area (Å²) in [7, 11) is 0. The molecule has 4 rings (SSSR count). The zero-order valence-electron chi connectivity index (χ0n) is 15.4. The van der Waals surface area contributed by atoms with E-state index in [2.05, 4.69) is 60.8 Å². The van der Waals surface area contributed by atoms with Gasteiger partial charge in [-0.1, -0.05) is 36.4 Å². The first-order valence-corrected chi connectivity index (χ1v) is 9.80. The molecule has 3 nitrogen and oxygen atoms in total. The number of amides is 1. The van der Waals surface area contributed by atoms with Crippen molar-refractivity contribution in [3.63, 3.8) is 0 Å². The maximum Gasteiger partial charge on any atom is 0.223 e. The Bertz CT molecular complexity index is 743. The molecule has 3 heteroatoms. The van der Waals surface area contributed by atoms with E-state index in [9.17, 15) is 4.79 Å². The van der Waals surface area contributed by atoms with Gasteiger partial charge in [0.25, 0.3) is 0 Å². The SMILES string of the molecule is CC(Cc1ccc(-c2ccc(OCC3CC3)cc2)cc1)NC(=O)C1CC1. The van der Waals surface area contributed by atoms with Gasteiger partial charge in [0.15, 0.2) is 0 Å². The minimum atomic E-state index is 0.178. The predicted octanol–water partition coefficient (Wildman–Crippen LogP) is 4.60. The van der Waals surface area contributed by atoms with Crippen LogP contribution in [0.15, 0.2) is 48.5 Å². The largest absolute Gasteiger partial charge is 0.493 e. The second kappa shape index (κ2) is 7.53. The Morgan fingerprint density at radius 2 is 1.62 bits per heavy atom. The van der Waals surface area contributed by atoms with Crippen molar-refractivity contribution in [1.82, 2.24) is 5.32 Å². The Balaban J connectivity index is 1.32. The first-order chi connectivity index (χ1) is 12.7. The van der Waals surface area contributed by atoms with Crippen molar-refractivity contribution in [2.75, 3.05) is 6.61 Å². The number of nitrogens with one attached hydrogen (secondary N) is 1. The molecule has 136 valence electrons. The molecule has 2 aromatic carbocycles. The molecule has 0 saturated heterocycles. The maximum absolute atomic E-state index is 11.8. The smallest absolute Gasteiger partial charge is 0.223 e. The molecule has 2 fully saturated rings. The van der Waals surface area contributed by atoms with Gasteiger partial charge in [0.05, 0.1) is 6.61 Å². The van der Waals surface area contributed by atoms with Crippen LogP contribution in [0.25, 0.3) is 11.1 Å². The van der Waals surface area contributed by atoms with Crippen molar-refractivity contribution in [2.45, 2.75) is 45.1 Å². The highest BCUT2D eigenvalue weighted by Crippen LogP contribution is 2.30. The van der Waals surface area contributed by atoms with E-state index in [1.165, 1.54) is 29.5 Å². The van der Waals surface area contributed by atoms with Crippen molar-refractivity contribution in [3.8, 4) is 16.9 Å². The van der Waals surface area contributed by atoms with Crippen LogP contribution >= 0.6 is 0 Å². The second-order valence-electron chi connectivity index (χ2n) is 7.86. The van der Waals surface area contributed by atoms with Gasteiger partial charge in [-0.25, -0.2) is 0 Å². The maximum atomic E-state index is 11.8. The fraction of sp³-hybridized carbons (Fsp3) is 0.435. The molecule has 0 aliphatic heterocycles. The van der Waals surface area contributed by atoms with Crippen LogP contribution in [0, 0.1) is 11.8 Å². The van der Waals surface area contributed by atoms with E-state index in [1.807, 2.05) is 0 Å². The molecule has 2 aromatic rings. The molecular formula is C23H27NO2. The van der Waals surface area contributed by atoms with Gasteiger partial charge in [0.2, 0.25) is 5.91 Å². The minimum Gasteiger partial charge on any atom is -0.493 e. The normalized spacial score (nSPS) is 17.6. The average Bonchev–Trinajstić information content (AvgIpc) is 3.55. The van der Waals surface area contributed by atoms with Gasteiger partial charge in [0.1, 0.15) is 5.75 Å². The Labute approximate surface area is 155 Å². The summed E-state index contributed by atoms with van der Waals surface area (Å²) in [6.45, 7) is 2.93. The Hall–Kier alpha value is -2.29. The lowest BCUT2D eigenvalue weighted by Gasteiger charge is -2.14. The number of rotatable bonds is 8. The van der Waals surface area contributed by atoms with E-state index in [4.69, 9.17) is 4.74 Å². The number of benzene rings is 2. The summed E-state index contributed by atoms with van der Waals surface area (Å²) in [6.07, 6.45) is 5.60. The lowest BCUT2D eigenvalue weighted by atomic mass is 10.0. The van der Waals surface area contributed by atoms with Crippen LogP contribution in [0.2, 0.25) is 0 Å². The van der Waals surface area contributed by atoms with Gasteiger partial charge in [-0.15, -0.1) is 0 Å². The van der Waals surface area contributed by atoms with Crippen molar-refractivity contribution in [1.29, 1.82) is 0 Å². The molecule has 26 heavy (non-hydrogen) atoms. The molecule has 1 amide bonds. The van der Waals surface area contributed by atoms with E-state index < -0.39 is 0 Å². The number of hydrogen-bond acceptors (Lipinski definition) is 2. The second-order valence-corrected chi connectivity index (χ2v) is 7.86. The van der Waals surface area contributed by atoms with Crippen LogP contribution in [0.5, 0.6) is 5.75 Å². The van der Waals surface area contributed by atoms with Crippen LogP contribution in [0.1, 0.15) is 38.2 Å². The molecule has 0 radical (unpaired) electrons. The summed E-state index contributed by atoms with van der Waals surface area (Å²) in [5, 5.41) is 3.11. The quantitative estimate of drug-likeness (QED) is 0.756. The minimum absolute atomic E-state index is 0.178. The first kappa shape index (κ1) is 17.1. The van der Waals surface area contributed by atoms with E-state index in [0.29, 0.717) is 0 Å². The Morgan fingerprint density at radius 1 is 1.00 bits per heavy atom. The molecule has 2 saturated carbocycles. The molecule has 1 unspecified atom stereocenters. The molecule has 0 aromatic heterocycles. The highest BCUT2D eigenvalue weighted by Gasteiger charge is 2.30. The highest BCUT2D eigenvalue weighted by atomic mass is 16.5. The third-order valence-electron chi connectivity index (χ3n) is 5.20. The molecule has 0 spiro atoms. The van der Waals surface area contributed by atoms with E-state index in [1.54, 1.807) is 0 Å². The topological polar surface area (TPSA) is 38.3 Å². The van der Waals surface area contributed by atoms with Crippen LogP contribution in [-0.2, 0) is 11.2 Å². The fourth-order valence-corrected chi connectivity index (χ4v) is 3.19. The van der Waals surface area contributed by atoms with E-state index in [0.717, 1.165) is 37.5 Å². The van der Waals surface area contributed by atoms with Gasteiger partial charge < -0.3 is 10.1 Å². The van der Waals surface area contributed by atoms with Crippen LogP contribution < -0.4 is 10.1 Å². The Kier molecular flexibility index (Phi) is 4.96. The summed E-state index contributed by atoms with van der Waals surface area (Å²) < 4.78 is 5.80. The third kappa shape index (κ3) is 4.66. The van der Waals surface area contributed by atoms with Crippen LogP contribution in [0.4, 0.5) is 0 Å². The number of carbonyl (C=O) groups excluding carboxylic acids is 1. The van der Waals surface area contributed by atoms with Gasteiger partial charge in [-0.05, 0) is 73.8 Å². The lowest BCUT2D eigenvalue weighted by Crippen LogP contribution is -2.35. The predicted molar refractivity (Wildman–Crippen MR) is 104 cm³/mol. The zero-order valence-corrected chi connectivity index (χ0v) is 15.4. The van der Waals surface area contributed by atoms with E-state index >= 15 is 0 Å². The molecule has 0 heterocycles. The average molecular weight is 349 g/mol. The summed E-state index contributed by atoms with van der Waals surface area (Å²) in [4.78, 5) is 11.8. The van der Waals surface area contributed by atoms with Gasteiger partial charge in [-0.2, -0.15) is 0 Å². The van der Waals surface area contributed by atoms with Gasteiger partial charge >= 0.3 is 0 Å². The molecule has 2 aliphatic carbocycles. The summed E-state index contributed by atoms with van der Waals surface area (Å²) in [6, 6.07) is 17.2. The number of hydrogen-bond donors (Lipinski definition) is 1. The zero-order chi connectivity index (χ0) is 17.9. The molecule has 2 aliphatic rings. The number of carbonyl (C=O) groups is 1. The Morgan fingerprint density at radius 3 is 2.19 bits per heavy atom. The monoisotopic (exact) mass is 349 g/mol. The summed E-state index contributed by atoms with van der Waals surface area (Å²) in [5.41, 5.74) is 3.66. The van der Waals surface area contributed by atoms with Gasteiger partial charge in [-0.3, -0.25) is 4.79 Å². The van der Waals surface area contributed by atoms with E-state index in [-0.39, 0.29) is 17.9 Å². The summed E-state index contributed by atoms with van der Waals surface area (Å²) in [5.74, 6) is 2.23. The van der Waals surface area contributed by atoms with Crippen LogP contribution in [0.3, 0.4) is 0 Å². The van der Waals surface area contributed by atoms with Crippen molar-refractivity contribution in [2.24, 2.45) is 11.8 Å². The first-order valence-electron chi connectivity index (χ1n) is 9.80. The highest BCUT2D eigenvalue weighted by molar-refractivity contribution is 5.81. The lowest BCUT2D eigenvalue weighted by molar-refractivity contribution is -0.122. The standard InChI is InChI=1S/C23H27NO2/c1-16(24-23(25)21-8-9-21)14-17-4-6-19(7-5-17)20-10-12-22(13-11-20)26-15-18-2-3-18/h4-7,10-13,16,18,21H,2-3,8-9,14-15H2,1H3,(H,24,25). The third-order valence-corrected chi connectivity index (χ3v) is 5.20. The summed E-state index contributed by atoms with van der Waals surface area (Å²) >= 11 is 0. The fourth-order valence-electron chi connectivity index (χ4n) is 3.19. The molecule has 1 atom stereocenters. The van der Waals surface area contributed by atoms with Crippen molar-refractivity contribution < 1.29 is 9.53 Å². The van der Waals surface area contributed by atoms with Crippen molar-refractivity contribution >= 4 is 5.91 Å². The van der Waals surface area contributed by atoms with Crippen molar-refractivity contribution in [3.05, 3.63) is 54.1 Å². The molecule has 1 N–H and O–H groups in total. The van der Waals surface area contributed by atoms with Gasteiger partial charge in [0, 0.05) is 12.0 Å². The molecular weight excluding hydrogens is 322 g/mol. The van der Waals surface area contributed by atoms with Crippen LogP contribution in [-0.4, -0.2) is 18.6 Å². The molecule has 0 bridgehead atoms.